The Morgan fingerprint density at radius 3 is 2.20 bits per heavy atom. The number of benzene rings is 1. The van der Waals surface area contributed by atoms with Crippen LogP contribution in [0.5, 0.6) is 5.75 Å². The van der Waals surface area contributed by atoms with Crippen molar-refractivity contribution in [1.29, 1.82) is 0 Å². The van der Waals surface area contributed by atoms with Gasteiger partial charge in [-0.15, -0.1) is 0 Å². The summed E-state index contributed by atoms with van der Waals surface area (Å²) < 4.78 is 5.25. The number of aryl methyl sites for hydroxylation is 2. The molecule has 1 aromatic carbocycles. The van der Waals surface area contributed by atoms with Gasteiger partial charge in [0.25, 0.3) is 0 Å². The van der Waals surface area contributed by atoms with Gasteiger partial charge >= 0.3 is 0 Å². The Bertz CT molecular complexity index is 310. The molecular formula is C13H21NO. The van der Waals surface area contributed by atoms with E-state index in [4.69, 9.17) is 10.5 Å². The van der Waals surface area contributed by atoms with Gasteiger partial charge in [-0.05, 0) is 61.6 Å². The van der Waals surface area contributed by atoms with Crippen LogP contribution in [0.1, 0.15) is 36.0 Å². The van der Waals surface area contributed by atoms with Crippen molar-refractivity contribution < 1.29 is 4.74 Å². The molecule has 1 aromatic rings. The molecule has 0 heterocycles. The molecule has 0 aliphatic heterocycles. The number of nitrogens with two attached hydrogens (primary N) is 1. The zero-order valence-electron chi connectivity index (χ0n) is 10.1. The Morgan fingerprint density at radius 1 is 1.27 bits per heavy atom. The standard InChI is InChI=1S/C13H21NO/c1-9(5-6-14)13-10(2)7-12(15-4)8-11(13)3/h7-9H,5-6,14H2,1-4H3. The molecule has 1 atom stereocenters. The fourth-order valence-electron chi connectivity index (χ4n) is 2.22. The van der Waals surface area contributed by atoms with Gasteiger partial charge in [0.05, 0.1) is 7.11 Å². The maximum Gasteiger partial charge on any atom is 0.119 e. The van der Waals surface area contributed by atoms with Crippen LogP contribution in [-0.2, 0) is 0 Å². The minimum atomic E-state index is 0.529. The second-order valence-electron chi connectivity index (χ2n) is 4.15. The van der Waals surface area contributed by atoms with Gasteiger partial charge in [-0.1, -0.05) is 6.92 Å². The summed E-state index contributed by atoms with van der Waals surface area (Å²) >= 11 is 0. The Hall–Kier alpha value is -1.02. The summed E-state index contributed by atoms with van der Waals surface area (Å²) in [5.74, 6) is 1.47. The maximum atomic E-state index is 5.60. The predicted molar refractivity (Wildman–Crippen MR) is 64.6 cm³/mol. The number of hydrogen-bond acceptors (Lipinski definition) is 2. The lowest BCUT2D eigenvalue weighted by molar-refractivity contribution is 0.413. The van der Waals surface area contributed by atoms with Crippen LogP contribution in [0.2, 0.25) is 0 Å². The predicted octanol–water partition coefficient (Wildman–Crippen LogP) is 2.76. The lowest BCUT2D eigenvalue weighted by atomic mass is 9.90. The van der Waals surface area contributed by atoms with Gasteiger partial charge in [-0.2, -0.15) is 0 Å². The first kappa shape index (κ1) is 12.1. The van der Waals surface area contributed by atoms with Crippen molar-refractivity contribution in [1.82, 2.24) is 0 Å². The van der Waals surface area contributed by atoms with Crippen LogP contribution < -0.4 is 10.5 Å². The molecule has 0 saturated heterocycles. The van der Waals surface area contributed by atoms with Crippen LogP contribution in [0.15, 0.2) is 12.1 Å². The summed E-state index contributed by atoms with van der Waals surface area (Å²) in [6, 6.07) is 4.19. The topological polar surface area (TPSA) is 35.2 Å². The highest BCUT2D eigenvalue weighted by atomic mass is 16.5. The second-order valence-corrected chi connectivity index (χ2v) is 4.15. The van der Waals surface area contributed by atoms with Crippen LogP contribution in [0.25, 0.3) is 0 Å². The van der Waals surface area contributed by atoms with E-state index in [0.717, 1.165) is 18.7 Å². The van der Waals surface area contributed by atoms with Crippen molar-refractivity contribution in [2.24, 2.45) is 5.73 Å². The normalized spacial score (nSPS) is 12.6. The van der Waals surface area contributed by atoms with Gasteiger partial charge < -0.3 is 10.5 Å². The molecule has 0 aliphatic rings. The molecule has 0 amide bonds. The fraction of sp³-hybridized carbons (Fsp3) is 0.538. The zero-order chi connectivity index (χ0) is 11.4. The lowest BCUT2D eigenvalue weighted by Crippen LogP contribution is -2.07. The van der Waals surface area contributed by atoms with Crippen molar-refractivity contribution in [3.05, 3.63) is 28.8 Å². The van der Waals surface area contributed by atoms with E-state index in [1.807, 2.05) is 0 Å². The summed E-state index contributed by atoms with van der Waals surface area (Å²) in [7, 11) is 1.71. The fourth-order valence-corrected chi connectivity index (χ4v) is 2.22. The Balaban J connectivity index is 3.07. The minimum absolute atomic E-state index is 0.529. The van der Waals surface area contributed by atoms with E-state index in [1.54, 1.807) is 7.11 Å². The number of methoxy groups -OCH3 is 1. The maximum absolute atomic E-state index is 5.60. The Morgan fingerprint density at radius 2 is 1.80 bits per heavy atom. The summed E-state index contributed by atoms with van der Waals surface area (Å²) in [4.78, 5) is 0. The molecule has 84 valence electrons. The van der Waals surface area contributed by atoms with Crippen molar-refractivity contribution in [3.63, 3.8) is 0 Å². The molecule has 0 radical (unpaired) electrons. The van der Waals surface area contributed by atoms with Crippen molar-refractivity contribution in [3.8, 4) is 5.75 Å². The molecule has 0 saturated carbocycles. The largest absolute Gasteiger partial charge is 0.497 e. The lowest BCUT2D eigenvalue weighted by Gasteiger charge is -2.18. The molecule has 1 rings (SSSR count). The van der Waals surface area contributed by atoms with Crippen molar-refractivity contribution in [2.45, 2.75) is 33.1 Å². The average molecular weight is 207 g/mol. The van der Waals surface area contributed by atoms with Gasteiger partial charge in [-0.25, -0.2) is 0 Å². The molecule has 0 spiro atoms. The highest BCUT2D eigenvalue weighted by molar-refractivity contribution is 5.42. The molecule has 0 fully saturated rings. The monoisotopic (exact) mass is 207 g/mol. The Labute approximate surface area is 92.4 Å². The van der Waals surface area contributed by atoms with Gasteiger partial charge in [-0.3, -0.25) is 0 Å². The van der Waals surface area contributed by atoms with Gasteiger partial charge in [0.1, 0.15) is 5.75 Å². The highest BCUT2D eigenvalue weighted by Crippen LogP contribution is 2.29. The number of ether oxygens (including phenoxy) is 1. The summed E-state index contributed by atoms with van der Waals surface area (Å²) in [5, 5.41) is 0. The van der Waals surface area contributed by atoms with E-state index >= 15 is 0 Å². The van der Waals surface area contributed by atoms with Crippen LogP contribution in [-0.4, -0.2) is 13.7 Å². The number of rotatable bonds is 4. The molecular weight excluding hydrogens is 186 g/mol. The molecule has 2 heteroatoms. The minimum Gasteiger partial charge on any atom is -0.497 e. The van der Waals surface area contributed by atoms with E-state index in [1.165, 1.54) is 16.7 Å². The van der Waals surface area contributed by atoms with E-state index in [2.05, 4.69) is 32.9 Å². The second kappa shape index (κ2) is 5.17. The van der Waals surface area contributed by atoms with Gasteiger partial charge in [0, 0.05) is 0 Å². The summed E-state index contributed by atoms with van der Waals surface area (Å²) in [5.41, 5.74) is 9.61. The summed E-state index contributed by atoms with van der Waals surface area (Å²) in [6.45, 7) is 7.25. The molecule has 2 N–H and O–H groups in total. The van der Waals surface area contributed by atoms with Crippen LogP contribution in [0.4, 0.5) is 0 Å². The SMILES string of the molecule is COc1cc(C)c(C(C)CCN)c(C)c1. The van der Waals surface area contributed by atoms with Crippen LogP contribution in [0, 0.1) is 13.8 Å². The molecule has 0 aliphatic carbocycles. The first-order valence-electron chi connectivity index (χ1n) is 5.45. The van der Waals surface area contributed by atoms with E-state index < -0.39 is 0 Å². The smallest absolute Gasteiger partial charge is 0.119 e. The van der Waals surface area contributed by atoms with E-state index in [9.17, 15) is 0 Å². The van der Waals surface area contributed by atoms with E-state index in [-0.39, 0.29) is 0 Å². The quantitative estimate of drug-likeness (QED) is 0.824. The highest BCUT2D eigenvalue weighted by Gasteiger charge is 2.11. The van der Waals surface area contributed by atoms with Gasteiger partial charge in [0.2, 0.25) is 0 Å². The molecule has 1 unspecified atom stereocenters. The third kappa shape index (κ3) is 2.72. The van der Waals surface area contributed by atoms with Crippen molar-refractivity contribution in [2.75, 3.05) is 13.7 Å². The number of hydrogen-bond donors (Lipinski definition) is 1. The first-order chi connectivity index (χ1) is 7.10. The van der Waals surface area contributed by atoms with Crippen LogP contribution >= 0.6 is 0 Å². The third-order valence-electron chi connectivity index (χ3n) is 2.90. The van der Waals surface area contributed by atoms with Crippen molar-refractivity contribution >= 4 is 0 Å². The molecule has 15 heavy (non-hydrogen) atoms. The van der Waals surface area contributed by atoms with Gasteiger partial charge in [0.15, 0.2) is 0 Å². The molecule has 0 aromatic heterocycles. The molecule has 0 bridgehead atoms. The Kier molecular flexibility index (Phi) is 4.15. The van der Waals surface area contributed by atoms with E-state index in [0.29, 0.717) is 5.92 Å². The first-order valence-corrected chi connectivity index (χ1v) is 5.45. The zero-order valence-corrected chi connectivity index (χ0v) is 10.1. The third-order valence-corrected chi connectivity index (χ3v) is 2.90. The van der Waals surface area contributed by atoms with Crippen LogP contribution in [0.3, 0.4) is 0 Å². The molecule has 2 nitrogen and oxygen atoms in total. The summed E-state index contributed by atoms with van der Waals surface area (Å²) in [6.07, 6.45) is 1.04. The average Bonchev–Trinajstić information content (AvgIpc) is 2.16.